The van der Waals surface area contributed by atoms with Gasteiger partial charge in [0.25, 0.3) is 0 Å². The molecule has 0 spiro atoms. The normalized spacial score (nSPS) is 19.1. The molecule has 1 unspecified atom stereocenters. The van der Waals surface area contributed by atoms with Crippen molar-refractivity contribution < 1.29 is 4.79 Å². The molecule has 1 fully saturated rings. The van der Waals surface area contributed by atoms with Gasteiger partial charge in [0, 0.05) is 25.6 Å². The van der Waals surface area contributed by atoms with E-state index < -0.39 is 0 Å². The molecule has 1 aromatic rings. The number of carbonyl (C=O) groups is 1. The number of nitrogens with one attached hydrogen (secondary N) is 2. The van der Waals surface area contributed by atoms with Gasteiger partial charge in [-0.3, -0.25) is 4.79 Å². The first-order valence-electron chi connectivity index (χ1n) is 5.99. The zero-order chi connectivity index (χ0) is 12.1. The highest BCUT2D eigenvalue weighted by atomic mass is 16.1. The van der Waals surface area contributed by atoms with Crippen molar-refractivity contribution in [2.75, 3.05) is 6.54 Å². The summed E-state index contributed by atoms with van der Waals surface area (Å²) in [5.41, 5.74) is 2.38. The second kappa shape index (κ2) is 5.64. The Balaban J connectivity index is 1.77. The molecule has 0 bridgehead atoms. The van der Waals surface area contributed by atoms with E-state index in [1.165, 1.54) is 5.56 Å². The molecule has 1 heterocycles. The van der Waals surface area contributed by atoms with Gasteiger partial charge in [-0.25, -0.2) is 0 Å². The standard InChI is InChI=1S/C14H18N2O/c1-2-11-4-3-5-12(8-11)9-15-10-13-6-7-14(17)16-13/h2-5,8,13,15H,1,6-7,9-10H2,(H,16,17). The quantitative estimate of drug-likeness (QED) is 0.808. The lowest BCUT2D eigenvalue weighted by atomic mass is 10.1. The fourth-order valence-electron chi connectivity index (χ4n) is 2.05. The molecule has 2 N–H and O–H groups in total. The topological polar surface area (TPSA) is 41.1 Å². The van der Waals surface area contributed by atoms with Gasteiger partial charge < -0.3 is 10.6 Å². The van der Waals surface area contributed by atoms with Crippen LogP contribution in [0.15, 0.2) is 30.8 Å². The van der Waals surface area contributed by atoms with Gasteiger partial charge in [0.1, 0.15) is 0 Å². The summed E-state index contributed by atoms with van der Waals surface area (Å²) in [4.78, 5) is 11.0. The zero-order valence-corrected chi connectivity index (χ0v) is 9.91. The molecule has 1 aliphatic rings. The van der Waals surface area contributed by atoms with Crippen LogP contribution in [0.4, 0.5) is 0 Å². The molecule has 1 saturated heterocycles. The summed E-state index contributed by atoms with van der Waals surface area (Å²) in [5.74, 6) is 0.172. The van der Waals surface area contributed by atoms with Crippen LogP contribution in [0.2, 0.25) is 0 Å². The third-order valence-corrected chi connectivity index (χ3v) is 2.99. The smallest absolute Gasteiger partial charge is 0.220 e. The van der Waals surface area contributed by atoms with Gasteiger partial charge in [-0.15, -0.1) is 0 Å². The van der Waals surface area contributed by atoms with E-state index in [-0.39, 0.29) is 5.91 Å². The molecule has 0 radical (unpaired) electrons. The summed E-state index contributed by atoms with van der Waals surface area (Å²) >= 11 is 0. The molecule has 3 heteroatoms. The van der Waals surface area contributed by atoms with Crippen molar-refractivity contribution in [3.05, 3.63) is 42.0 Å². The average molecular weight is 230 g/mol. The van der Waals surface area contributed by atoms with E-state index in [2.05, 4.69) is 29.3 Å². The summed E-state index contributed by atoms with van der Waals surface area (Å²) in [6.07, 6.45) is 3.46. The number of rotatable bonds is 5. The van der Waals surface area contributed by atoms with Gasteiger partial charge >= 0.3 is 0 Å². The Hall–Kier alpha value is -1.61. The lowest BCUT2D eigenvalue weighted by molar-refractivity contribution is -0.119. The summed E-state index contributed by atoms with van der Waals surface area (Å²) in [6.45, 7) is 5.42. The molecule has 1 atom stereocenters. The fourth-order valence-corrected chi connectivity index (χ4v) is 2.05. The lowest BCUT2D eigenvalue weighted by Crippen LogP contribution is -2.35. The van der Waals surface area contributed by atoms with Crippen LogP contribution in [0.25, 0.3) is 6.08 Å². The Morgan fingerprint density at radius 3 is 3.12 bits per heavy atom. The molecule has 2 rings (SSSR count). The minimum Gasteiger partial charge on any atom is -0.352 e. The molecular formula is C14H18N2O. The van der Waals surface area contributed by atoms with E-state index in [0.717, 1.165) is 25.1 Å². The first kappa shape index (κ1) is 11.9. The molecule has 1 aromatic carbocycles. The molecule has 90 valence electrons. The second-order valence-corrected chi connectivity index (χ2v) is 4.38. The summed E-state index contributed by atoms with van der Waals surface area (Å²) in [6, 6.07) is 8.57. The maximum atomic E-state index is 11.0. The Bertz CT molecular complexity index is 414. The van der Waals surface area contributed by atoms with Crippen molar-refractivity contribution in [1.82, 2.24) is 10.6 Å². The van der Waals surface area contributed by atoms with E-state index in [1.807, 2.05) is 18.2 Å². The molecule has 0 aliphatic carbocycles. The first-order chi connectivity index (χ1) is 8.28. The number of carbonyl (C=O) groups excluding carboxylic acids is 1. The number of hydrogen-bond donors (Lipinski definition) is 2. The van der Waals surface area contributed by atoms with Crippen molar-refractivity contribution in [3.63, 3.8) is 0 Å². The van der Waals surface area contributed by atoms with E-state index in [0.29, 0.717) is 12.5 Å². The molecule has 1 amide bonds. The van der Waals surface area contributed by atoms with Crippen LogP contribution in [0.5, 0.6) is 0 Å². The first-order valence-corrected chi connectivity index (χ1v) is 5.99. The minimum atomic E-state index is 0.172. The van der Waals surface area contributed by atoms with E-state index in [4.69, 9.17) is 0 Å². The van der Waals surface area contributed by atoms with Gasteiger partial charge in [-0.05, 0) is 17.5 Å². The summed E-state index contributed by atoms with van der Waals surface area (Å²) in [5, 5.41) is 6.31. The molecule has 3 nitrogen and oxygen atoms in total. The lowest BCUT2D eigenvalue weighted by Gasteiger charge is -2.11. The van der Waals surface area contributed by atoms with Gasteiger partial charge in [-0.1, -0.05) is 36.9 Å². The van der Waals surface area contributed by atoms with Crippen LogP contribution in [-0.2, 0) is 11.3 Å². The molecule has 1 aliphatic heterocycles. The van der Waals surface area contributed by atoms with Crippen molar-refractivity contribution in [2.45, 2.75) is 25.4 Å². The fraction of sp³-hybridized carbons (Fsp3) is 0.357. The predicted molar refractivity (Wildman–Crippen MR) is 69.4 cm³/mol. The van der Waals surface area contributed by atoms with Gasteiger partial charge in [-0.2, -0.15) is 0 Å². The SMILES string of the molecule is C=Cc1cccc(CNCC2CCC(=O)N2)c1. The van der Waals surface area contributed by atoms with Crippen molar-refractivity contribution in [2.24, 2.45) is 0 Å². The minimum absolute atomic E-state index is 0.172. The number of amides is 1. The van der Waals surface area contributed by atoms with Gasteiger partial charge in [0.15, 0.2) is 0 Å². The molecule has 0 saturated carbocycles. The van der Waals surface area contributed by atoms with Crippen LogP contribution in [0.3, 0.4) is 0 Å². The maximum Gasteiger partial charge on any atom is 0.220 e. The van der Waals surface area contributed by atoms with Crippen molar-refractivity contribution in [1.29, 1.82) is 0 Å². The van der Waals surface area contributed by atoms with Crippen LogP contribution >= 0.6 is 0 Å². The van der Waals surface area contributed by atoms with Crippen LogP contribution in [0.1, 0.15) is 24.0 Å². The average Bonchev–Trinajstić information content (AvgIpc) is 2.75. The van der Waals surface area contributed by atoms with Crippen molar-refractivity contribution in [3.8, 4) is 0 Å². The Morgan fingerprint density at radius 2 is 2.41 bits per heavy atom. The zero-order valence-electron chi connectivity index (χ0n) is 9.91. The molecule has 0 aromatic heterocycles. The second-order valence-electron chi connectivity index (χ2n) is 4.38. The van der Waals surface area contributed by atoms with Crippen LogP contribution in [-0.4, -0.2) is 18.5 Å². The Labute approximate surface area is 102 Å². The third kappa shape index (κ3) is 3.43. The van der Waals surface area contributed by atoms with E-state index in [1.54, 1.807) is 0 Å². The van der Waals surface area contributed by atoms with E-state index >= 15 is 0 Å². The monoisotopic (exact) mass is 230 g/mol. The molecular weight excluding hydrogens is 212 g/mol. The summed E-state index contributed by atoms with van der Waals surface area (Å²) in [7, 11) is 0. The Morgan fingerprint density at radius 1 is 1.53 bits per heavy atom. The highest BCUT2D eigenvalue weighted by Gasteiger charge is 2.19. The largest absolute Gasteiger partial charge is 0.352 e. The Kier molecular flexibility index (Phi) is 3.94. The highest BCUT2D eigenvalue weighted by Crippen LogP contribution is 2.07. The third-order valence-electron chi connectivity index (χ3n) is 2.99. The predicted octanol–water partition coefficient (Wildman–Crippen LogP) is 1.70. The van der Waals surface area contributed by atoms with Crippen LogP contribution in [0, 0.1) is 0 Å². The van der Waals surface area contributed by atoms with Gasteiger partial charge in [0.05, 0.1) is 0 Å². The van der Waals surface area contributed by atoms with Crippen LogP contribution < -0.4 is 10.6 Å². The highest BCUT2D eigenvalue weighted by molar-refractivity contribution is 5.78. The van der Waals surface area contributed by atoms with E-state index in [9.17, 15) is 4.79 Å². The number of hydrogen-bond acceptors (Lipinski definition) is 2. The maximum absolute atomic E-state index is 11.0. The molecule has 17 heavy (non-hydrogen) atoms. The van der Waals surface area contributed by atoms with Crippen molar-refractivity contribution >= 4 is 12.0 Å². The number of benzene rings is 1. The van der Waals surface area contributed by atoms with Gasteiger partial charge in [0.2, 0.25) is 5.91 Å². The summed E-state index contributed by atoms with van der Waals surface area (Å²) < 4.78 is 0.